The molecule has 0 radical (unpaired) electrons. The van der Waals surface area contributed by atoms with Gasteiger partial charge in [-0.05, 0) is 25.1 Å². The molecule has 1 aromatic carbocycles. The Morgan fingerprint density at radius 1 is 1.50 bits per heavy atom. The minimum atomic E-state index is -0.272. The van der Waals surface area contributed by atoms with Crippen LogP contribution in [0.15, 0.2) is 23.1 Å². The summed E-state index contributed by atoms with van der Waals surface area (Å²) in [5.74, 6) is 0.728. The second-order valence-electron chi connectivity index (χ2n) is 3.00. The number of carbonyl (C=O) groups excluding carboxylic acids is 1. The van der Waals surface area contributed by atoms with Crippen molar-refractivity contribution in [2.45, 2.75) is 11.8 Å². The molecule has 0 atom stereocenters. The number of benzene rings is 1. The highest BCUT2D eigenvalue weighted by molar-refractivity contribution is 8.00. The Balaban J connectivity index is 2.70. The summed E-state index contributed by atoms with van der Waals surface area (Å²) >= 11 is 1.34. The zero-order valence-corrected chi connectivity index (χ0v) is 10.2. The van der Waals surface area contributed by atoms with E-state index in [1.807, 2.05) is 13.0 Å². The SMILES string of the molecule is CCOc1ccc(N)c(SCC(=O)OC)c1. The van der Waals surface area contributed by atoms with Gasteiger partial charge < -0.3 is 15.2 Å². The van der Waals surface area contributed by atoms with E-state index in [0.29, 0.717) is 12.3 Å². The maximum atomic E-state index is 11.0. The van der Waals surface area contributed by atoms with Crippen molar-refractivity contribution in [3.63, 3.8) is 0 Å². The number of hydrogen-bond donors (Lipinski definition) is 1. The van der Waals surface area contributed by atoms with Crippen LogP contribution in [0.3, 0.4) is 0 Å². The van der Waals surface area contributed by atoms with Crippen molar-refractivity contribution in [2.75, 3.05) is 25.2 Å². The van der Waals surface area contributed by atoms with Gasteiger partial charge in [0.2, 0.25) is 0 Å². The van der Waals surface area contributed by atoms with Crippen LogP contribution < -0.4 is 10.5 Å². The predicted molar refractivity (Wildman–Crippen MR) is 64.8 cm³/mol. The Morgan fingerprint density at radius 3 is 2.88 bits per heavy atom. The molecule has 0 unspecified atom stereocenters. The second-order valence-corrected chi connectivity index (χ2v) is 4.01. The fourth-order valence-corrected chi connectivity index (χ4v) is 1.92. The molecule has 0 heterocycles. The number of hydrogen-bond acceptors (Lipinski definition) is 5. The summed E-state index contributed by atoms with van der Waals surface area (Å²) in [7, 11) is 1.36. The lowest BCUT2D eigenvalue weighted by atomic mass is 10.3. The second kappa shape index (κ2) is 6.27. The number of methoxy groups -OCH3 is 1. The van der Waals surface area contributed by atoms with Gasteiger partial charge in [-0.1, -0.05) is 0 Å². The third-order valence-corrected chi connectivity index (χ3v) is 2.91. The zero-order chi connectivity index (χ0) is 12.0. The first kappa shape index (κ1) is 12.7. The molecular weight excluding hydrogens is 226 g/mol. The summed E-state index contributed by atoms with van der Waals surface area (Å²) < 4.78 is 9.91. The van der Waals surface area contributed by atoms with Gasteiger partial charge in [0.25, 0.3) is 0 Å². The minimum absolute atomic E-state index is 0.246. The largest absolute Gasteiger partial charge is 0.494 e. The van der Waals surface area contributed by atoms with Crippen molar-refractivity contribution in [3.05, 3.63) is 18.2 Å². The van der Waals surface area contributed by atoms with E-state index in [1.54, 1.807) is 12.1 Å². The molecule has 0 aliphatic rings. The fourth-order valence-electron chi connectivity index (χ4n) is 1.09. The van der Waals surface area contributed by atoms with E-state index in [9.17, 15) is 4.79 Å². The van der Waals surface area contributed by atoms with Crippen LogP contribution in [0.5, 0.6) is 5.75 Å². The Bertz CT molecular complexity index is 368. The predicted octanol–water partition coefficient (Wildman–Crippen LogP) is 1.93. The van der Waals surface area contributed by atoms with E-state index in [-0.39, 0.29) is 11.7 Å². The standard InChI is InChI=1S/C11H15NO3S/c1-3-15-8-4-5-9(12)10(6-8)16-7-11(13)14-2/h4-6H,3,7,12H2,1-2H3. The summed E-state index contributed by atoms with van der Waals surface area (Å²) in [5, 5.41) is 0. The monoisotopic (exact) mass is 241 g/mol. The molecule has 0 aliphatic heterocycles. The van der Waals surface area contributed by atoms with Crippen molar-refractivity contribution in [3.8, 4) is 5.75 Å². The Hall–Kier alpha value is -1.36. The topological polar surface area (TPSA) is 61.5 Å². The van der Waals surface area contributed by atoms with Crippen molar-refractivity contribution in [2.24, 2.45) is 0 Å². The van der Waals surface area contributed by atoms with Gasteiger partial charge in [0.1, 0.15) is 5.75 Å². The van der Waals surface area contributed by atoms with Gasteiger partial charge in [0.15, 0.2) is 0 Å². The van der Waals surface area contributed by atoms with Crippen molar-refractivity contribution >= 4 is 23.4 Å². The highest BCUT2D eigenvalue weighted by atomic mass is 32.2. The van der Waals surface area contributed by atoms with Gasteiger partial charge >= 0.3 is 5.97 Å². The average Bonchev–Trinajstić information content (AvgIpc) is 2.29. The smallest absolute Gasteiger partial charge is 0.315 e. The Labute approximate surface area is 99.1 Å². The lowest BCUT2D eigenvalue weighted by Gasteiger charge is -2.08. The van der Waals surface area contributed by atoms with Crippen LogP contribution in [0.25, 0.3) is 0 Å². The molecule has 16 heavy (non-hydrogen) atoms. The maximum absolute atomic E-state index is 11.0. The third kappa shape index (κ3) is 3.66. The van der Waals surface area contributed by atoms with Crippen LogP contribution >= 0.6 is 11.8 Å². The molecule has 0 saturated carbocycles. The molecule has 0 fully saturated rings. The molecule has 0 aliphatic carbocycles. The Kier molecular flexibility index (Phi) is 4.98. The normalized spacial score (nSPS) is 9.88. The number of esters is 1. The summed E-state index contributed by atoms with van der Waals surface area (Å²) in [6.45, 7) is 2.52. The number of anilines is 1. The van der Waals surface area contributed by atoms with Gasteiger partial charge in [-0.25, -0.2) is 0 Å². The highest BCUT2D eigenvalue weighted by Crippen LogP contribution is 2.29. The first-order valence-corrected chi connectivity index (χ1v) is 5.88. The first-order chi connectivity index (χ1) is 7.67. The molecule has 1 aromatic rings. The first-order valence-electron chi connectivity index (χ1n) is 4.89. The average molecular weight is 241 g/mol. The highest BCUT2D eigenvalue weighted by Gasteiger charge is 2.06. The molecule has 0 aromatic heterocycles. The number of thioether (sulfide) groups is 1. The van der Waals surface area contributed by atoms with Gasteiger partial charge in [0, 0.05) is 10.6 Å². The maximum Gasteiger partial charge on any atom is 0.315 e. The summed E-state index contributed by atoms with van der Waals surface area (Å²) in [6, 6.07) is 5.40. The lowest BCUT2D eigenvalue weighted by Crippen LogP contribution is -2.03. The van der Waals surface area contributed by atoms with Crippen molar-refractivity contribution in [1.29, 1.82) is 0 Å². The van der Waals surface area contributed by atoms with Gasteiger partial charge in [-0.2, -0.15) is 0 Å². The molecule has 88 valence electrons. The van der Waals surface area contributed by atoms with Gasteiger partial charge in [-0.3, -0.25) is 4.79 Å². The number of nitrogens with two attached hydrogens (primary N) is 1. The number of nitrogen functional groups attached to an aromatic ring is 1. The fraction of sp³-hybridized carbons (Fsp3) is 0.364. The minimum Gasteiger partial charge on any atom is -0.494 e. The van der Waals surface area contributed by atoms with Crippen LogP contribution in [-0.4, -0.2) is 25.4 Å². The van der Waals surface area contributed by atoms with Crippen LogP contribution in [0.2, 0.25) is 0 Å². The molecule has 0 spiro atoms. The molecule has 5 heteroatoms. The summed E-state index contributed by atoms with van der Waals surface area (Å²) in [4.78, 5) is 11.8. The zero-order valence-electron chi connectivity index (χ0n) is 9.36. The number of ether oxygens (including phenoxy) is 2. The van der Waals surface area contributed by atoms with E-state index < -0.39 is 0 Å². The molecule has 4 nitrogen and oxygen atoms in total. The van der Waals surface area contributed by atoms with Crippen LogP contribution in [0.1, 0.15) is 6.92 Å². The molecule has 0 amide bonds. The molecule has 1 rings (SSSR count). The van der Waals surface area contributed by atoms with Gasteiger partial charge in [0.05, 0.1) is 19.5 Å². The van der Waals surface area contributed by atoms with E-state index in [2.05, 4.69) is 4.74 Å². The summed E-state index contributed by atoms with van der Waals surface area (Å²) in [6.07, 6.45) is 0. The van der Waals surface area contributed by atoms with Crippen molar-refractivity contribution < 1.29 is 14.3 Å². The van der Waals surface area contributed by atoms with Crippen molar-refractivity contribution in [1.82, 2.24) is 0 Å². The molecule has 2 N–H and O–H groups in total. The van der Waals surface area contributed by atoms with E-state index in [1.165, 1.54) is 18.9 Å². The lowest BCUT2D eigenvalue weighted by molar-refractivity contribution is -0.137. The molecular formula is C11H15NO3S. The number of rotatable bonds is 5. The van der Waals surface area contributed by atoms with E-state index >= 15 is 0 Å². The van der Waals surface area contributed by atoms with E-state index in [0.717, 1.165) is 10.6 Å². The quantitative estimate of drug-likeness (QED) is 0.485. The summed E-state index contributed by atoms with van der Waals surface area (Å²) in [5.41, 5.74) is 6.42. The number of carbonyl (C=O) groups is 1. The Morgan fingerprint density at radius 2 is 2.25 bits per heavy atom. The third-order valence-electron chi connectivity index (χ3n) is 1.87. The molecule has 0 bridgehead atoms. The van der Waals surface area contributed by atoms with Crippen LogP contribution in [0, 0.1) is 0 Å². The van der Waals surface area contributed by atoms with Gasteiger partial charge in [-0.15, -0.1) is 11.8 Å². The van der Waals surface area contributed by atoms with Crippen LogP contribution in [-0.2, 0) is 9.53 Å². The van der Waals surface area contributed by atoms with Crippen LogP contribution in [0.4, 0.5) is 5.69 Å². The van der Waals surface area contributed by atoms with E-state index in [4.69, 9.17) is 10.5 Å². The molecule has 0 saturated heterocycles.